The molecule has 1 aromatic rings. The van der Waals surface area contributed by atoms with Crippen molar-refractivity contribution < 1.29 is 9.59 Å². The number of nitrogens with one attached hydrogen (secondary N) is 2. The van der Waals surface area contributed by atoms with E-state index in [1.165, 1.54) is 11.8 Å². The van der Waals surface area contributed by atoms with E-state index in [1.807, 2.05) is 13.8 Å². The zero-order chi connectivity index (χ0) is 14.9. The number of hydrogen-bond donors (Lipinski definition) is 2. The monoisotopic (exact) mass is 291 g/mol. The molecule has 2 N–H and O–H groups in total. The predicted molar refractivity (Wildman–Crippen MR) is 82.0 cm³/mol. The molecule has 1 fully saturated rings. The van der Waals surface area contributed by atoms with Crippen molar-refractivity contribution in [2.75, 3.05) is 11.9 Å². The Bertz CT molecular complexity index is 566. The summed E-state index contributed by atoms with van der Waals surface area (Å²) in [6, 6.07) is 6.49. The molecule has 1 aliphatic heterocycles. The molecule has 5 nitrogen and oxygen atoms in total. The summed E-state index contributed by atoms with van der Waals surface area (Å²) >= 11 is 5.15. The Labute approximate surface area is 123 Å². The smallest absolute Gasteiger partial charge is 0.328 e. The van der Waals surface area contributed by atoms with E-state index in [0.29, 0.717) is 22.9 Å². The van der Waals surface area contributed by atoms with E-state index in [4.69, 9.17) is 12.2 Å². The SMILES string of the molecule is CC(=O)c1ccc(NC(=O)N2CC(C)(C)NC2=S)cc1. The zero-order valence-electron chi connectivity index (χ0n) is 11.7. The Kier molecular flexibility index (Phi) is 3.76. The molecule has 0 radical (unpaired) electrons. The number of rotatable bonds is 2. The van der Waals surface area contributed by atoms with Gasteiger partial charge in [-0.05, 0) is 57.3 Å². The number of anilines is 1. The third-order valence-corrected chi connectivity index (χ3v) is 3.35. The first-order valence-corrected chi connectivity index (χ1v) is 6.71. The largest absolute Gasteiger partial charge is 0.355 e. The van der Waals surface area contributed by atoms with Crippen molar-refractivity contribution in [1.82, 2.24) is 10.2 Å². The van der Waals surface area contributed by atoms with Crippen molar-refractivity contribution in [1.29, 1.82) is 0 Å². The Hall–Kier alpha value is -1.95. The summed E-state index contributed by atoms with van der Waals surface area (Å²) in [4.78, 5) is 24.8. The second-order valence-corrected chi connectivity index (χ2v) is 5.85. The third kappa shape index (κ3) is 3.14. The molecule has 0 unspecified atom stereocenters. The van der Waals surface area contributed by atoms with Crippen molar-refractivity contribution in [3.05, 3.63) is 29.8 Å². The van der Waals surface area contributed by atoms with E-state index >= 15 is 0 Å². The van der Waals surface area contributed by atoms with Gasteiger partial charge in [0, 0.05) is 11.3 Å². The number of Topliss-reactive ketones (excluding diaryl/α,β-unsaturated/α-hetero) is 1. The minimum absolute atomic E-state index is 0.00505. The fourth-order valence-electron chi connectivity index (χ4n) is 2.01. The van der Waals surface area contributed by atoms with E-state index in [9.17, 15) is 9.59 Å². The molecule has 0 aliphatic carbocycles. The van der Waals surface area contributed by atoms with Crippen molar-refractivity contribution in [3.8, 4) is 0 Å². The van der Waals surface area contributed by atoms with Crippen LogP contribution < -0.4 is 10.6 Å². The fourth-order valence-corrected chi connectivity index (χ4v) is 2.43. The molecule has 1 aliphatic rings. The maximum absolute atomic E-state index is 12.2. The van der Waals surface area contributed by atoms with Crippen LogP contribution in [0.5, 0.6) is 0 Å². The quantitative estimate of drug-likeness (QED) is 0.649. The van der Waals surface area contributed by atoms with Crippen LogP contribution in [-0.2, 0) is 0 Å². The molecule has 2 rings (SSSR count). The standard InChI is InChI=1S/C14H17N3O2S/c1-9(18)10-4-6-11(7-5-10)15-12(19)17-8-14(2,3)16-13(17)20/h4-7H,8H2,1-3H3,(H,15,19)(H,16,20). The van der Waals surface area contributed by atoms with Gasteiger partial charge in [0.05, 0.1) is 12.1 Å². The van der Waals surface area contributed by atoms with Gasteiger partial charge in [0.1, 0.15) is 0 Å². The molecule has 1 aromatic carbocycles. The molecule has 6 heteroatoms. The van der Waals surface area contributed by atoms with Crippen LogP contribution in [-0.4, -0.2) is 33.9 Å². The average molecular weight is 291 g/mol. The van der Waals surface area contributed by atoms with Crippen molar-refractivity contribution >= 4 is 34.8 Å². The van der Waals surface area contributed by atoms with Crippen LogP contribution in [0.3, 0.4) is 0 Å². The molecule has 0 saturated carbocycles. The highest BCUT2D eigenvalue weighted by Crippen LogP contribution is 2.17. The number of carbonyl (C=O) groups excluding carboxylic acids is 2. The molecule has 0 aromatic heterocycles. The van der Waals surface area contributed by atoms with Crippen molar-refractivity contribution in [2.45, 2.75) is 26.3 Å². The number of thiocarbonyl (C=S) groups is 1. The lowest BCUT2D eigenvalue weighted by Gasteiger charge is -2.18. The molecular weight excluding hydrogens is 274 g/mol. The normalized spacial score (nSPS) is 16.8. The van der Waals surface area contributed by atoms with Gasteiger partial charge in [0.25, 0.3) is 0 Å². The minimum atomic E-state index is -0.274. The summed E-state index contributed by atoms with van der Waals surface area (Å²) in [6.07, 6.45) is 0. The van der Waals surface area contributed by atoms with Gasteiger partial charge in [-0.2, -0.15) is 0 Å². The fraction of sp³-hybridized carbons (Fsp3) is 0.357. The van der Waals surface area contributed by atoms with Crippen LogP contribution in [0, 0.1) is 0 Å². The molecule has 20 heavy (non-hydrogen) atoms. The number of hydrogen-bond acceptors (Lipinski definition) is 3. The molecule has 2 amide bonds. The molecule has 0 bridgehead atoms. The lowest BCUT2D eigenvalue weighted by Crippen LogP contribution is -2.37. The second-order valence-electron chi connectivity index (χ2n) is 5.46. The first-order chi connectivity index (χ1) is 9.28. The number of carbonyl (C=O) groups is 2. The molecule has 0 spiro atoms. The van der Waals surface area contributed by atoms with Crippen LogP contribution in [0.15, 0.2) is 24.3 Å². The molecule has 0 atom stereocenters. The summed E-state index contributed by atoms with van der Waals surface area (Å²) in [7, 11) is 0. The summed E-state index contributed by atoms with van der Waals surface area (Å²) in [5.74, 6) is -0.00505. The van der Waals surface area contributed by atoms with Gasteiger partial charge in [-0.1, -0.05) is 0 Å². The van der Waals surface area contributed by atoms with Crippen LogP contribution in [0.25, 0.3) is 0 Å². The van der Waals surface area contributed by atoms with Crippen LogP contribution >= 0.6 is 12.2 Å². The maximum atomic E-state index is 12.2. The van der Waals surface area contributed by atoms with E-state index in [0.717, 1.165) is 0 Å². The van der Waals surface area contributed by atoms with Crippen LogP contribution in [0.1, 0.15) is 31.1 Å². The molecule has 1 heterocycles. The summed E-state index contributed by atoms with van der Waals surface area (Å²) in [6.45, 7) is 5.98. The highest BCUT2D eigenvalue weighted by Gasteiger charge is 2.35. The van der Waals surface area contributed by atoms with E-state index in [1.54, 1.807) is 24.3 Å². The first kappa shape index (κ1) is 14.5. The lowest BCUT2D eigenvalue weighted by atomic mass is 10.1. The lowest BCUT2D eigenvalue weighted by molar-refractivity contribution is 0.101. The molecular formula is C14H17N3O2S. The second kappa shape index (κ2) is 5.20. The zero-order valence-corrected chi connectivity index (χ0v) is 12.5. The topological polar surface area (TPSA) is 61.4 Å². The van der Waals surface area contributed by atoms with E-state index in [2.05, 4.69) is 10.6 Å². The Balaban J connectivity index is 2.05. The van der Waals surface area contributed by atoms with Crippen molar-refractivity contribution in [2.24, 2.45) is 0 Å². The van der Waals surface area contributed by atoms with Crippen LogP contribution in [0.4, 0.5) is 10.5 Å². The number of ketones is 1. The highest BCUT2D eigenvalue weighted by atomic mass is 32.1. The number of amides is 2. The van der Waals surface area contributed by atoms with Gasteiger partial charge < -0.3 is 10.6 Å². The predicted octanol–water partition coefficient (Wildman–Crippen LogP) is 2.39. The van der Waals surface area contributed by atoms with E-state index < -0.39 is 0 Å². The number of benzene rings is 1. The average Bonchev–Trinajstić information content (AvgIpc) is 2.63. The summed E-state index contributed by atoms with van der Waals surface area (Å²) in [5, 5.41) is 6.28. The van der Waals surface area contributed by atoms with Crippen molar-refractivity contribution in [3.63, 3.8) is 0 Å². The van der Waals surface area contributed by atoms with Gasteiger partial charge in [-0.3, -0.25) is 9.69 Å². The van der Waals surface area contributed by atoms with Crippen LogP contribution in [0.2, 0.25) is 0 Å². The highest BCUT2D eigenvalue weighted by molar-refractivity contribution is 7.80. The summed E-state index contributed by atoms with van der Waals surface area (Å²) < 4.78 is 0. The van der Waals surface area contributed by atoms with Gasteiger partial charge in [0.2, 0.25) is 0 Å². The Morgan fingerprint density at radius 1 is 1.30 bits per heavy atom. The van der Waals surface area contributed by atoms with Gasteiger partial charge >= 0.3 is 6.03 Å². The third-order valence-electron chi connectivity index (χ3n) is 3.03. The maximum Gasteiger partial charge on any atom is 0.328 e. The first-order valence-electron chi connectivity index (χ1n) is 6.30. The molecule has 106 valence electrons. The number of nitrogens with zero attached hydrogens (tertiary/aromatic N) is 1. The Morgan fingerprint density at radius 2 is 1.90 bits per heavy atom. The van der Waals surface area contributed by atoms with E-state index in [-0.39, 0.29) is 17.4 Å². The minimum Gasteiger partial charge on any atom is -0.355 e. The van der Waals surface area contributed by atoms with Gasteiger partial charge in [-0.25, -0.2) is 4.79 Å². The summed E-state index contributed by atoms with van der Waals surface area (Å²) in [5.41, 5.74) is 1.03. The Morgan fingerprint density at radius 3 is 2.35 bits per heavy atom. The van der Waals surface area contributed by atoms with Gasteiger partial charge in [0.15, 0.2) is 10.9 Å². The molecule has 1 saturated heterocycles. The number of urea groups is 1. The van der Waals surface area contributed by atoms with Gasteiger partial charge in [-0.15, -0.1) is 0 Å².